The van der Waals surface area contributed by atoms with E-state index in [0.717, 1.165) is 43.8 Å². The highest BCUT2D eigenvalue weighted by Gasteiger charge is 2.12. The quantitative estimate of drug-likeness (QED) is 0.162. The van der Waals surface area contributed by atoms with Crippen LogP contribution in [-0.4, -0.2) is 0 Å². The number of rotatable bonds is 6. The van der Waals surface area contributed by atoms with Gasteiger partial charge in [-0.25, -0.2) is 0 Å². The van der Waals surface area contributed by atoms with Crippen LogP contribution >= 0.6 is 15.9 Å². The molecular formula is C33H23BrN2. The molecule has 5 aromatic rings. The van der Waals surface area contributed by atoms with Crippen LogP contribution in [0.3, 0.4) is 0 Å². The number of halogens is 1. The molecule has 5 rings (SSSR count). The van der Waals surface area contributed by atoms with Crippen LogP contribution in [0.5, 0.6) is 0 Å². The highest BCUT2D eigenvalue weighted by Crippen LogP contribution is 2.35. The van der Waals surface area contributed by atoms with Crippen molar-refractivity contribution in [2.75, 3.05) is 4.90 Å². The molecule has 0 bridgehead atoms. The third kappa shape index (κ3) is 5.30. The van der Waals surface area contributed by atoms with Crippen LogP contribution in [0.4, 0.5) is 17.1 Å². The van der Waals surface area contributed by atoms with Gasteiger partial charge in [0.25, 0.3) is 0 Å². The number of anilines is 3. The molecule has 5 aromatic carbocycles. The smallest absolute Gasteiger partial charge is 0.0998 e. The first kappa shape index (κ1) is 23.4. The Morgan fingerprint density at radius 1 is 0.583 bits per heavy atom. The second-order valence-corrected chi connectivity index (χ2v) is 9.27. The lowest BCUT2D eigenvalue weighted by molar-refractivity contribution is 1.28. The molecular weight excluding hydrogens is 504 g/mol. The molecule has 0 aliphatic rings. The molecule has 0 heterocycles. The summed E-state index contributed by atoms with van der Waals surface area (Å²) in [4.78, 5) is 2.25. The number of benzene rings is 5. The van der Waals surface area contributed by atoms with E-state index in [1.807, 2.05) is 42.5 Å². The van der Waals surface area contributed by atoms with E-state index in [2.05, 4.69) is 124 Å². The zero-order valence-electron chi connectivity index (χ0n) is 19.6. The summed E-state index contributed by atoms with van der Waals surface area (Å²) in [5.74, 6) is 0. The highest BCUT2D eigenvalue weighted by molar-refractivity contribution is 9.10. The van der Waals surface area contributed by atoms with Crippen LogP contribution in [-0.2, 0) is 0 Å². The molecule has 172 valence electrons. The lowest BCUT2D eigenvalue weighted by Gasteiger charge is -2.25. The van der Waals surface area contributed by atoms with Gasteiger partial charge in [0.15, 0.2) is 0 Å². The van der Waals surface area contributed by atoms with Crippen LogP contribution in [0, 0.1) is 11.3 Å². The molecule has 0 spiro atoms. The SMILES string of the molecule is N#CC(=Cc1ccc(-c2ccc(N(c3ccccc3)c3ccccc3)cc2)cc1)c1ccc(Br)cc1. The van der Waals surface area contributed by atoms with Crippen molar-refractivity contribution in [2.45, 2.75) is 0 Å². The fraction of sp³-hybridized carbons (Fsp3) is 0. The third-order valence-electron chi connectivity index (χ3n) is 5.98. The minimum atomic E-state index is 0.640. The summed E-state index contributed by atoms with van der Waals surface area (Å²) >= 11 is 3.44. The van der Waals surface area contributed by atoms with Gasteiger partial charge in [0.05, 0.1) is 11.6 Å². The first-order valence-electron chi connectivity index (χ1n) is 11.7. The average molecular weight is 527 g/mol. The van der Waals surface area contributed by atoms with Gasteiger partial charge in [-0.2, -0.15) is 5.26 Å². The van der Waals surface area contributed by atoms with Crippen molar-refractivity contribution < 1.29 is 0 Å². The average Bonchev–Trinajstić information content (AvgIpc) is 2.94. The molecule has 3 heteroatoms. The maximum atomic E-state index is 9.64. The summed E-state index contributed by atoms with van der Waals surface area (Å²) in [6.45, 7) is 0. The Labute approximate surface area is 220 Å². The first-order chi connectivity index (χ1) is 17.7. The zero-order chi connectivity index (χ0) is 24.7. The molecule has 0 fully saturated rings. The standard InChI is InChI=1S/C33H23BrN2/c34-30-19-15-28(16-20-30)29(24-35)23-25-11-13-26(14-12-25)27-17-21-33(22-18-27)36(31-7-3-1-4-8-31)32-9-5-2-6-10-32/h1-23H. The number of hydrogen-bond donors (Lipinski definition) is 0. The van der Waals surface area contributed by atoms with Gasteiger partial charge in [0.2, 0.25) is 0 Å². The van der Waals surface area contributed by atoms with Gasteiger partial charge in [-0.05, 0) is 76.9 Å². The van der Waals surface area contributed by atoms with Crippen molar-refractivity contribution in [1.29, 1.82) is 5.26 Å². The van der Waals surface area contributed by atoms with Gasteiger partial charge < -0.3 is 4.90 Å². The van der Waals surface area contributed by atoms with Crippen LogP contribution < -0.4 is 4.90 Å². The van der Waals surface area contributed by atoms with Crippen molar-refractivity contribution >= 4 is 44.6 Å². The lowest BCUT2D eigenvalue weighted by atomic mass is 10.0. The Kier molecular flexibility index (Phi) is 7.07. The van der Waals surface area contributed by atoms with Gasteiger partial charge in [-0.15, -0.1) is 0 Å². The lowest BCUT2D eigenvalue weighted by Crippen LogP contribution is -2.09. The minimum absolute atomic E-state index is 0.640. The summed E-state index contributed by atoms with van der Waals surface area (Å²) in [5.41, 5.74) is 8.15. The second kappa shape index (κ2) is 10.9. The van der Waals surface area contributed by atoms with Crippen molar-refractivity contribution in [3.63, 3.8) is 0 Å². The molecule has 0 N–H and O–H groups in total. The Balaban J connectivity index is 1.40. The molecule has 0 atom stereocenters. The Morgan fingerprint density at radius 2 is 1.06 bits per heavy atom. The van der Waals surface area contributed by atoms with Gasteiger partial charge in [-0.1, -0.05) is 101 Å². The van der Waals surface area contributed by atoms with E-state index in [-0.39, 0.29) is 0 Å². The molecule has 0 saturated carbocycles. The van der Waals surface area contributed by atoms with Crippen LogP contribution in [0.25, 0.3) is 22.8 Å². The van der Waals surface area contributed by atoms with E-state index in [4.69, 9.17) is 0 Å². The van der Waals surface area contributed by atoms with Crippen LogP contribution in [0.1, 0.15) is 11.1 Å². The Hall–Kier alpha value is -4.39. The predicted octanol–water partition coefficient (Wildman–Crippen LogP) is 9.65. The van der Waals surface area contributed by atoms with Crippen molar-refractivity contribution in [3.8, 4) is 17.2 Å². The molecule has 0 unspecified atom stereocenters. The van der Waals surface area contributed by atoms with Crippen molar-refractivity contribution in [2.24, 2.45) is 0 Å². The van der Waals surface area contributed by atoms with E-state index in [0.29, 0.717) is 5.57 Å². The Morgan fingerprint density at radius 3 is 1.56 bits per heavy atom. The molecule has 0 saturated heterocycles. The van der Waals surface area contributed by atoms with E-state index in [1.54, 1.807) is 0 Å². The van der Waals surface area contributed by atoms with Crippen molar-refractivity contribution in [3.05, 3.63) is 149 Å². The number of nitrogens with zero attached hydrogens (tertiary/aromatic N) is 2. The summed E-state index contributed by atoms with van der Waals surface area (Å²) in [5, 5.41) is 9.64. The van der Waals surface area contributed by atoms with Gasteiger partial charge in [0.1, 0.15) is 0 Å². The van der Waals surface area contributed by atoms with E-state index in [1.165, 1.54) is 0 Å². The topological polar surface area (TPSA) is 27.0 Å². The molecule has 0 aliphatic heterocycles. The van der Waals surface area contributed by atoms with E-state index >= 15 is 0 Å². The fourth-order valence-corrected chi connectivity index (χ4v) is 4.42. The number of hydrogen-bond acceptors (Lipinski definition) is 2. The third-order valence-corrected chi connectivity index (χ3v) is 6.51. The first-order valence-corrected chi connectivity index (χ1v) is 12.5. The summed E-state index contributed by atoms with van der Waals surface area (Å²) in [7, 11) is 0. The molecule has 0 aliphatic carbocycles. The van der Waals surface area contributed by atoms with Crippen LogP contribution in [0.2, 0.25) is 0 Å². The van der Waals surface area contributed by atoms with Crippen LogP contribution in [0.15, 0.2) is 138 Å². The fourth-order valence-electron chi connectivity index (χ4n) is 4.15. The summed E-state index contributed by atoms with van der Waals surface area (Å²) in [6.07, 6.45) is 1.92. The maximum absolute atomic E-state index is 9.64. The largest absolute Gasteiger partial charge is 0.311 e. The van der Waals surface area contributed by atoms with Gasteiger partial charge in [0, 0.05) is 21.5 Å². The second-order valence-electron chi connectivity index (χ2n) is 8.35. The number of allylic oxidation sites excluding steroid dienone is 1. The number of nitriles is 1. The summed E-state index contributed by atoms with van der Waals surface area (Å²) < 4.78 is 0.995. The minimum Gasteiger partial charge on any atom is -0.311 e. The predicted molar refractivity (Wildman–Crippen MR) is 154 cm³/mol. The van der Waals surface area contributed by atoms with Crippen molar-refractivity contribution in [1.82, 2.24) is 0 Å². The van der Waals surface area contributed by atoms with E-state index in [9.17, 15) is 5.26 Å². The monoisotopic (exact) mass is 526 g/mol. The number of para-hydroxylation sites is 2. The molecule has 0 aromatic heterocycles. The molecule has 36 heavy (non-hydrogen) atoms. The zero-order valence-corrected chi connectivity index (χ0v) is 21.1. The molecule has 0 radical (unpaired) electrons. The molecule has 0 amide bonds. The van der Waals surface area contributed by atoms with Gasteiger partial charge in [-0.3, -0.25) is 0 Å². The highest BCUT2D eigenvalue weighted by atomic mass is 79.9. The normalized spacial score (nSPS) is 11.1. The molecule has 2 nitrogen and oxygen atoms in total. The summed E-state index contributed by atoms with van der Waals surface area (Å²) in [6, 6.07) is 47.8. The van der Waals surface area contributed by atoms with E-state index < -0.39 is 0 Å². The maximum Gasteiger partial charge on any atom is 0.0998 e. The van der Waals surface area contributed by atoms with Gasteiger partial charge >= 0.3 is 0 Å². The Bertz CT molecular complexity index is 1460.